The number of halogens is 1. The molecule has 0 saturated carbocycles. The van der Waals surface area contributed by atoms with Gasteiger partial charge in [0.15, 0.2) is 0 Å². The Kier molecular flexibility index (Phi) is 7.06. The third kappa shape index (κ3) is 5.21. The second kappa shape index (κ2) is 9.04. The first-order chi connectivity index (χ1) is 11.5. The lowest BCUT2D eigenvalue weighted by molar-refractivity contribution is -0.134. The SMILES string of the molecule is CC(C)NC(=O)CCCC(=O)N1CCNCC1c1ccccc1Cl. The van der Waals surface area contributed by atoms with Gasteiger partial charge in [0.2, 0.25) is 11.8 Å². The van der Waals surface area contributed by atoms with Crippen LogP contribution in [0, 0.1) is 0 Å². The summed E-state index contributed by atoms with van der Waals surface area (Å²) in [5, 5.41) is 6.85. The average Bonchev–Trinajstić information content (AvgIpc) is 2.54. The van der Waals surface area contributed by atoms with E-state index >= 15 is 0 Å². The molecule has 1 fully saturated rings. The summed E-state index contributed by atoms with van der Waals surface area (Å²) < 4.78 is 0. The average molecular weight is 352 g/mol. The molecular formula is C18H26ClN3O2. The van der Waals surface area contributed by atoms with Crippen LogP contribution in [0.3, 0.4) is 0 Å². The van der Waals surface area contributed by atoms with Crippen molar-refractivity contribution >= 4 is 23.4 Å². The summed E-state index contributed by atoms with van der Waals surface area (Å²) in [6.07, 6.45) is 1.33. The Morgan fingerprint density at radius 3 is 2.79 bits per heavy atom. The number of amides is 2. The van der Waals surface area contributed by atoms with Crippen LogP contribution in [0.4, 0.5) is 0 Å². The van der Waals surface area contributed by atoms with E-state index in [1.165, 1.54) is 0 Å². The summed E-state index contributed by atoms with van der Waals surface area (Å²) >= 11 is 6.30. The van der Waals surface area contributed by atoms with Gasteiger partial charge < -0.3 is 15.5 Å². The van der Waals surface area contributed by atoms with Crippen LogP contribution in [0.2, 0.25) is 5.02 Å². The van der Waals surface area contributed by atoms with Crippen molar-refractivity contribution in [2.24, 2.45) is 0 Å². The molecule has 0 aliphatic carbocycles. The smallest absolute Gasteiger partial charge is 0.223 e. The Hall–Kier alpha value is -1.59. The summed E-state index contributed by atoms with van der Waals surface area (Å²) in [6, 6.07) is 7.73. The molecular weight excluding hydrogens is 326 g/mol. The predicted octanol–water partition coefficient (Wildman–Crippen LogP) is 2.51. The van der Waals surface area contributed by atoms with Gasteiger partial charge in [-0.05, 0) is 31.9 Å². The van der Waals surface area contributed by atoms with Gasteiger partial charge in [-0.25, -0.2) is 0 Å². The van der Waals surface area contributed by atoms with Gasteiger partial charge in [-0.15, -0.1) is 0 Å². The predicted molar refractivity (Wildman–Crippen MR) is 95.9 cm³/mol. The molecule has 1 heterocycles. The Morgan fingerprint density at radius 1 is 1.33 bits per heavy atom. The van der Waals surface area contributed by atoms with Crippen molar-refractivity contribution in [2.75, 3.05) is 19.6 Å². The van der Waals surface area contributed by atoms with Crippen molar-refractivity contribution in [3.05, 3.63) is 34.9 Å². The lowest BCUT2D eigenvalue weighted by Crippen LogP contribution is -2.48. The van der Waals surface area contributed by atoms with Crippen LogP contribution in [0.15, 0.2) is 24.3 Å². The van der Waals surface area contributed by atoms with Gasteiger partial charge in [0.25, 0.3) is 0 Å². The topological polar surface area (TPSA) is 61.4 Å². The van der Waals surface area contributed by atoms with Gasteiger partial charge >= 0.3 is 0 Å². The number of nitrogens with zero attached hydrogens (tertiary/aromatic N) is 1. The summed E-state index contributed by atoms with van der Waals surface area (Å²) in [4.78, 5) is 26.2. The zero-order valence-electron chi connectivity index (χ0n) is 14.3. The molecule has 0 spiro atoms. The lowest BCUT2D eigenvalue weighted by atomic mass is 10.0. The first-order valence-corrected chi connectivity index (χ1v) is 8.91. The highest BCUT2D eigenvalue weighted by Crippen LogP contribution is 2.29. The maximum atomic E-state index is 12.6. The minimum atomic E-state index is -0.0514. The Bertz CT molecular complexity index is 577. The minimum absolute atomic E-state index is 0.000708. The fraction of sp³-hybridized carbons (Fsp3) is 0.556. The number of nitrogens with one attached hydrogen (secondary N) is 2. The van der Waals surface area contributed by atoms with Crippen LogP contribution in [0.5, 0.6) is 0 Å². The number of piperazine rings is 1. The van der Waals surface area contributed by atoms with Crippen molar-refractivity contribution in [1.29, 1.82) is 0 Å². The zero-order chi connectivity index (χ0) is 17.5. The maximum Gasteiger partial charge on any atom is 0.223 e. The molecule has 1 aromatic rings. The second-order valence-corrected chi connectivity index (χ2v) is 6.81. The van der Waals surface area contributed by atoms with Gasteiger partial charge in [0.05, 0.1) is 6.04 Å². The molecule has 1 aliphatic rings. The van der Waals surface area contributed by atoms with Gasteiger partial charge in [0, 0.05) is 43.5 Å². The monoisotopic (exact) mass is 351 g/mol. The highest BCUT2D eigenvalue weighted by atomic mass is 35.5. The number of hydrogen-bond acceptors (Lipinski definition) is 3. The first-order valence-electron chi connectivity index (χ1n) is 8.53. The van der Waals surface area contributed by atoms with Crippen molar-refractivity contribution in [1.82, 2.24) is 15.5 Å². The quantitative estimate of drug-likeness (QED) is 0.827. The number of hydrogen-bond donors (Lipinski definition) is 2. The number of carbonyl (C=O) groups is 2. The fourth-order valence-corrected chi connectivity index (χ4v) is 3.23. The molecule has 1 aromatic carbocycles. The van der Waals surface area contributed by atoms with E-state index in [9.17, 15) is 9.59 Å². The normalized spacial score (nSPS) is 17.8. The van der Waals surface area contributed by atoms with E-state index in [0.717, 1.165) is 12.1 Å². The minimum Gasteiger partial charge on any atom is -0.354 e. The molecule has 1 atom stereocenters. The van der Waals surface area contributed by atoms with E-state index in [0.29, 0.717) is 37.4 Å². The van der Waals surface area contributed by atoms with Crippen molar-refractivity contribution in [3.63, 3.8) is 0 Å². The van der Waals surface area contributed by atoms with Crippen LogP contribution in [0.1, 0.15) is 44.7 Å². The molecule has 0 bridgehead atoms. The highest BCUT2D eigenvalue weighted by Gasteiger charge is 2.28. The van der Waals surface area contributed by atoms with E-state index in [1.54, 1.807) is 0 Å². The number of carbonyl (C=O) groups excluding carboxylic acids is 2. The summed E-state index contributed by atoms with van der Waals surface area (Å²) in [5.41, 5.74) is 0.970. The number of benzene rings is 1. The molecule has 132 valence electrons. The largest absolute Gasteiger partial charge is 0.354 e. The summed E-state index contributed by atoms with van der Waals surface area (Å²) in [5.74, 6) is 0.0829. The molecule has 0 aromatic heterocycles. The third-order valence-electron chi connectivity index (χ3n) is 4.07. The molecule has 1 saturated heterocycles. The maximum absolute atomic E-state index is 12.6. The van der Waals surface area contributed by atoms with Crippen molar-refractivity contribution in [2.45, 2.75) is 45.2 Å². The first kappa shape index (κ1) is 18.7. The van der Waals surface area contributed by atoms with Gasteiger partial charge in [-0.2, -0.15) is 0 Å². The van der Waals surface area contributed by atoms with E-state index in [2.05, 4.69) is 10.6 Å². The Labute approximate surface area is 148 Å². The molecule has 1 aliphatic heterocycles. The Balaban J connectivity index is 1.94. The van der Waals surface area contributed by atoms with E-state index < -0.39 is 0 Å². The van der Waals surface area contributed by atoms with Crippen LogP contribution < -0.4 is 10.6 Å². The molecule has 1 unspecified atom stereocenters. The van der Waals surface area contributed by atoms with Crippen molar-refractivity contribution in [3.8, 4) is 0 Å². The lowest BCUT2D eigenvalue weighted by Gasteiger charge is -2.37. The third-order valence-corrected chi connectivity index (χ3v) is 4.42. The van der Waals surface area contributed by atoms with Crippen LogP contribution >= 0.6 is 11.6 Å². The van der Waals surface area contributed by atoms with E-state index in [1.807, 2.05) is 43.0 Å². The molecule has 2 N–H and O–H groups in total. The summed E-state index contributed by atoms with van der Waals surface area (Å²) in [7, 11) is 0. The molecule has 24 heavy (non-hydrogen) atoms. The molecule has 6 heteroatoms. The van der Waals surface area contributed by atoms with E-state index in [4.69, 9.17) is 11.6 Å². The number of rotatable bonds is 6. The van der Waals surface area contributed by atoms with Crippen LogP contribution in [-0.4, -0.2) is 42.4 Å². The second-order valence-electron chi connectivity index (χ2n) is 6.40. The molecule has 0 radical (unpaired) electrons. The molecule has 2 amide bonds. The van der Waals surface area contributed by atoms with Crippen molar-refractivity contribution < 1.29 is 9.59 Å². The van der Waals surface area contributed by atoms with Crippen LogP contribution in [-0.2, 0) is 9.59 Å². The van der Waals surface area contributed by atoms with Gasteiger partial charge in [-0.1, -0.05) is 29.8 Å². The highest BCUT2D eigenvalue weighted by molar-refractivity contribution is 6.31. The van der Waals surface area contributed by atoms with Crippen LogP contribution in [0.25, 0.3) is 0 Å². The van der Waals surface area contributed by atoms with Gasteiger partial charge in [0.1, 0.15) is 0 Å². The summed E-state index contributed by atoms with van der Waals surface area (Å²) in [6.45, 7) is 5.99. The fourth-order valence-electron chi connectivity index (χ4n) is 2.96. The van der Waals surface area contributed by atoms with Gasteiger partial charge in [-0.3, -0.25) is 9.59 Å². The molecule has 2 rings (SSSR count). The van der Waals surface area contributed by atoms with E-state index in [-0.39, 0.29) is 23.9 Å². The standard InChI is InChI=1S/C18H26ClN3O2/c1-13(2)21-17(23)8-5-9-18(24)22-11-10-20-12-16(22)14-6-3-4-7-15(14)19/h3-4,6-7,13,16,20H,5,8-12H2,1-2H3,(H,21,23). The zero-order valence-corrected chi connectivity index (χ0v) is 15.1. The molecule has 5 nitrogen and oxygen atoms in total. The Morgan fingerprint density at radius 2 is 2.08 bits per heavy atom.